The fourth-order valence-electron chi connectivity index (χ4n) is 1.74. The number of benzene rings is 1. The van der Waals surface area contributed by atoms with E-state index in [2.05, 4.69) is 17.2 Å². The van der Waals surface area contributed by atoms with Crippen LogP contribution in [0, 0.1) is 0 Å². The first kappa shape index (κ1) is 19.4. The molecule has 24 heavy (non-hydrogen) atoms. The van der Waals surface area contributed by atoms with Crippen LogP contribution in [0.3, 0.4) is 0 Å². The maximum Gasteiger partial charge on any atom is 0.305 e. The number of carbonyl (C=O) groups excluding carboxylic acids is 2. The van der Waals surface area contributed by atoms with Crippen LogP contribution in [-0.4, -0.2) is 42.1 Å². The topological polar surface area (TPSA) is 105 Å². The summed E-state index contributed by atoms with van der Waals surface area (Å²) in [5.41, 5.74) is 0.926. The Balaban J connectivity index is 2.48. The number of carbonyl (C=O) groups is 3. The quantitative estimate of drug-likeness (QED) is 0.447. The zero-order valence-electron chi connectivity index (χ0n) is 13.6. The summed E-state index contributed by atoms with van der Waals surface area (Å²) < 4.78 is 5.35. The van der Waals surface area contributed by atoms with Crippen LogP contribution >= 0.6 is 0 Å². The summed E-state index contributed by atoms with van der Waals surface area (Å²) in [6, 6.07) is 6.30. The van der Waals surface area contributed by atoms with Crippen LogP contribution in [0.15, 0.2) is 36.9 Å². The summed E-state index contributed by atoms with van der Waals surface area (Å²) in [4.78, 5) is 34.1. The molecule has 3 N–H and O–H groups in total. The highest BCUT2D eigenvalue weighted by molar-refractivity contribution is 5.96. The van der Waals surface area contributed by atoms with Gasteiger partial charge in [-0.15, -0.1) is 6.58 Å². The SMILES string of the molecule is C=CCCOC(C)C(=O)Nc1ccc(C(=O)NCCC(=O)O)cc1. The lowest BCUT2D eigenvalue weighted by Gasteiger charge is -2.13. The minimum atomic E-state index is -0.974. The van der Waals surface area contributed by atoms with Crippen LogP contribution in [0.4, 0.5) is 5.69 Å². The predicted octanol–water partition coefficient (Wildman–Crippen LogP) is 1.81. The van der Waals surface area contributed by atoms with E-state index >= 15 is 0 Å². The zero-order chi connectivity index (χ0) is 17.9. The fourth-order valence-corrected chi connectivity index (χ4v) is 1.74. The van der Waals surface area contributed by atoms with Gasteiger partial charge in [0.15, 0.2) is 0 Å². The number of carboxylic acids is 1. The molecular weight excluding hydrogens is 312 g/mol. The average Bonchev–Trinajstić information content (AvgIpc) is 2.55. The van der Waals surface area contributed by atoms with Crippen molar-refractivity contribution >= 4 is 23.5 Å². The highest BCUT2D eigenvalue weighted by Gasteiger charge is 2.13. The van der Waals surface area contributed by atoms with Crippen molar-refractivity contribution in [2.75, 3.05) is 18.5 Å². The number of nitrogens with one attached hydrogen (secondary N) is 2. The minimum absolute atomic E-state index is 0.0617. The van der Waals surface area contributed by atoms with Crippen molar-refractivity contribution in [1.82, 2.24) is 5.32 Å². The maximum absolute atomic E-state index is 11.9. The van der Waals surface area contributed by atoms with E-state index in [9.17, 15) is 14.4 Å². The summed E-state index contributed by atoms with van der Waals surface area (Å²) in [6.07, 6.45) is 1.65. The second-order valence-corrected chi connectivity index (χ2v) is 5.06. The number of anilines is 1. The molecule has 0 aliphatic rings. The van der Waals surface area contributed by atoms with Crippen molar-refractivity contribution in [1.29, 1.82) is 0 Å². The molecule has 1 aromatic carbocycles. The lowest BCUT2D eigenvalue weighted by atomic mass is 10.2. The smallest absolute Gasteiger partial charge is 0.305 e. The molecule has 0 fully saturated rings. The summed E-state index contributed by atoms with van der Waals surface area (Å²) >= 11 is 0. The minimum Gasteiger partial charge on any atom is -0.481 e. The molecule has 1 unspecified atom stereocenters. The van der Waals surface area contributed by atoms with Crippen molar-refractivity contribution < 1.29 is 24.2 Å². The normalized spacial score (nSPS) is 11.4. The molecule has 1 rings (SSSR count). The first-order valence-electron chi connectivity index (χ1n) is 7.57. The summed E-state index contributed by atoms with van der Waals surface area (Å²) in [6.45, 7) is 5.72. The molecule has 0 heterocycles. The van der Waals surface area contributed by atoms with E-state index in [0.29, 0.717) is 24.3 Å². The maximum atomic E-state index is 11.9. The third-order valence-corrected chi connectivity index (χ3v) is 3.10. The van der Waals surface area contributed by atoms with Crippen LogP contribution in [0.2, 0.25) is 0 Å². The molecule has 1 aromatic rings. The average molecular weight is 334 g/mol. The van der Waals surface area contributed by atoms with Gasteiger partial charge in [-0.3, -0.25) is 14.4 Å². The number of aliphatic carboxylic acids is 1. The summed E-state index contributed by atoms with van der Waals surface area (Å²) in [7, 11) is 0. The van der Waals surface area contributed by atoms with E-state index in [-0.39, 0.29) is 24.8 Å². The number of rotatable bonds is 10. The lowest BCUT2D eigenvalue weighted by Crippen LogP contribution is -2.28. The standard InChI is InChI=1S/C17H22N2O5/c1-3-4-11-24-12(2)16(22)19-14-7-5-13(6-8-14)17(23)18-10-9-15(20)21/h3,5-8,12H,1,4,9-11H2,2H3,(H,18,23)(H,19,22)(H,20,21). The van der Waals surface area contributed by atoms with Gasteiger partial charge in [0.2, 0.25) is 0 Å². The number of hydrogen-bond acceptors (Lipinski definition) is 4. The molecule has 1 atom stereocenters. The largest absolute Gasteiger partial charge is 0.481 e. The van der Waals surface area contributed by atoms with Gasteiger partial charge in [0.1, 0.15) is 6.10 Å². The van der Waals surface area contributed by atoms with Crippen molar-refractivity contribution in [2.45, 2.75) is 25.9 Å². The van der Waals surface area contributed by atoms with E-state index in [0.717, 1.165) is 0 Å². The van der Waals surface area contributed by atoms with Crippen molar-refractivity contribution in [3.05, 3.63) is 42.5 Å². The van der Waals surface area contributed by atoms with E-state index in [1.165, 1.54) is 0 Å². The van der Waals surface area contributed by atoms with Gasteiger partial charge in [0.25, 0.3) is 11.8 Å². The molecule has 0 aromatic heterocycles. The molecule has 0 saturated heterocycles. The third-order valence-electron chi connectivity index (χ3n) is 3.10. The van der Waals surface area contributed by atoms with Crippen LogP contribution in [0.25, 0.3) is 0 Å². The van der Waals surface area contributed by atoms with Gasteiger partial charge in [0, 0.05) is 17.8 Å². The van der Waals surface area contributed by atoms with Crippen LogP contribution in [-0.2, 0) is 14.3 Å². The van der Waals surface area contributed by atoms with E-state index in [1.807, 2.05) is 0 Å². The fraction of sp³-hybridized carbons (Fsp3) is 0.353. The first-order chi connectivity index (χ1) is 11.4. The number of carboxylic acid groups (broad SMARTS) is 1. The third kappa shape index (κ3) is 7.06. The van der Waals surface area contributed by atoms with Gasteiger partial charge in [-0.2, -0.15) is 0 Å². The van der Waals surface area contributed by atoms with Gasteiger partial charge >= 0.3 is 5.97 Å². The van der Waals surface area contributed by atoms with Crippen molar-refractivity contribution in [2.24, 2.45) is 0 Å². The van der Waals surface area contributed by atoms with Gasteiger partial charge in [-0.05, 0) is 37.6 Å². The molecule has 7 nitrogen and oxygen atoms in total. The van der Waals surface area contributed by atoms with Crippen molar-refractivity contribution in [3.63, 3.8) is 0 Å². The molecular formula is C17H22N2O5. The summed E-state index contributed by atoms with van der Waals surface area (Å²) in [5, 5.41) is 13.7. The molecule has 130 valence electrons. The number of amides is 2. The number of ether oxygens (including phenoxy) is 1. The van der Waals surface area contributed by atoms with Crippen LogP contribution in [0.5, 0.6) is 0 Å². The number of hydrogen-bond donors (Lipinski definition) is 3. The second-order valence-electron chi connectivity index (χ2n) is 5.06. The van der Waals surface area contributed by atoms with Gasteiger partial charge in [0.05, 0.1) is 13.0 Å². The van der Waals surface area contributed by atoms with Crippen LogP contribution < -0.4 is 10.6 Å². The second kappa shape index (κ2) is 10.2. The van der Waals surface area contributed by atoms with Crippen molar-refractivity contribution in [3.8, 4) is 0 Å². The Labute approximate surface area is 140 Å². The Morgan fingerprint density at radius 3 is 2.54 bits per heavy atom. The van der Waals surface area contributed by atoms with E-state index in [4.69, 9.17) is 9.84 Å². The highest BCUT2D eigenvalue weighted by Crippen LogP contribution is 2.10. The Bertz CT molecular complexity index is 583. The Morgan fingerprint density at radius 2 is 1.96 bits per heavy atom. The molecule has 0 aliphatic carbocycles. The molecule has 0 aliphatic heterocycles. The van der Waals surface area contributed by atoms with E-state index in [1.54, 1.807) is 37.3 Å². The van der Waals surface area contributed by atoms with Gasteiger partial charge in [-0.1, -0.05) is 6.08 Å². The molecule has 0 bridgehead atoms. The molecule has 0 radical (unpaired) electrons. The van der Waals surface area contributed by atoms with Gasteiger partial charge in [-0.25, -0.2) is 0 Å². The molecule has 7 heteroatoms. The Hall–Kier alpha value is -2.67. The van der Waals surface area contributed by atoms with E-state index < -0.39 is 12.1 Å². The van der Waals surface area contributed by atoms with Gasteiger partial charge < -0.3 is 20.5 Å². The Morgan fingerprint density at radius 1 is 1.29 bits per heavy atom. The first-order valence-corrected chi connectivity index (χ1v) is 7.57. The molecule has 0 spiro atoms. The molecule has 0 saturated carbocycles. The summed E-state index contributed by atoms with van der Waals surface area (Å²) in [5.74, 6) is -1.62. The zero-order valence-corrected chi connectivity index (χ0v) is 13.6. The lowest BCUT2D eigenvalue weighted by molar-refractivity contribution is -0.136. The van der Waals surface area contributed by atoms with Crippen LogP contribution in [0.1, 0.15) is 30.1 Å². The molecule has 2 amide bonds. The highest BCUT2D eigenvalue weighted by atomic mass is 16.5. The predicted molar refractivity (Wildman–Crippen MR) is 89.9 cm³/mol. The Kier molecular flexibility index (Phi) is 8.21. The monoisotopic (exact) mass is 334 g/mol.